The maximum atomic E-state index is 11.8. The van der Waals surface area contributed by atoms with Crippen LogP contribution in [0.3, 0.4) is 0 Å². The fourth-order valence-electron chi connectivity index (χ4n) is 1.93. The minimum atomic E-state index is -0.631. The number of aliphatic hydroxyl groups is 1. The molecule has 0 bridgehead atoms. The van der Waals surface area contributed by atoms with Gasteiger partial charge in [0.05, 0.1) is 25.5 Å². The van der Waals surface area contributed by atoms with Gasteiger partial charge in [0.15, 0.2) is 0 Å². The summed E-state index contributed by atoms with van der Waals surface area (Å²) in [7, 11) is 1.82. The molecule has 0 spiro atoms. The van der Waals surface area contributed by atoms with Crippen molar-refractivity contribution < 1.29 is 14.6 Å². The standard InChI is InChI=1S/C16H24N2O3/c1-4-21-11-10-17-15(19)12-18(3)13(2)16(20)14-8-6-5-7-9-14/h4-9,13,16,20H,1,10-12H2,2-3H3,(H,17,19)/t13-,16+/m0/s1. The fourth-order valence-corrected chi connectivity index (χ4v) is 1.93. The van der Waals surface area contributed by atoms with Crippen LogP contribution in [0.2, 0.25) is 0 Å². The molecule has 0 radical (unpaired) electrons. The van der Waals surface area contributed by atoms with E-state index in [9.17, 15) is 9.90 Å². The zero-order valence-corrected chi connectivity index (χ0v) is 12.7. The third-order valence-corrected chi connectivity index (χ3v) is 3.35. The molecule has 0 fully saturated rings. The Hall–Kier alpha value is -1.85. The molecule has 2 N–H and O–H groups in total. The Kier molecular flexibility index (Phi) is 7.50. The van der Waals surface area contributed by atoms with E-state index < -0.39 is 6.10 Å². The molecule has 2 atom stereocenters. The number of carbonyl (C=O) groups is 1. The summed E-state index contributed by atoms with van der Waals surface area (Å²) in [5, 5.41) is 13.1. The van der Waals surface area contributed by atoms with Crippen molar-refractivity contribution in [2.45, 2.75) is 19.1 Å². The highest BCUT2D eigenvalue weighted by Gasteiger charge is 2.21. The van der Waals surface area contributed by atoms with Crippen molar-refractivity contribution in [3.63, 3.8) is 0 Å². The summed E-state index contributed by atoms with van der Waals surface area (Å²) >= 11 is 0. The van der Waals surface area contributed by atoms with Crippen LogP contribution in [-0.4, -0.2) is 48.7 Å². The number of carbonyl (C=O) groups excluding carboxylic acids is 1. The zero-order valence-electron chi connectivity index (χ0n) is 12.7. The average Bonchev–Trinajstić information content (AvgIpc) is 2.51. The monoisotopic (exact) mass is 292 g/mol. The SMILES string of the molecule is C=COCCNC(=O)CN(C)[C@@H](C)[C@@H](O)c1ccccc1. The van der Waals surface area contributed by atoms with Crippen molar-refractivity contribution in [3.8, 4) is 0 Å². The second-order valence-corrected chi connectivity index (χ2v) is 4.90. The number of benzene rings is 1. The Morgan fingerprint density at radius 1 is 1.48 bits per heavy atom. The Morgan fingerprint density at radius 2 is 2.14 bits per heavy atom. The van der Waals surface area contributed by atoms with Gasteiger partial charge in [-0.3, -0.25) is 9.69 Å². The number of nitrogens with one attached hydrogen (secondary N) is 1. The van der Waals surface area contributed by atoms with E-state index in [1.165, 1.54) is 6.26 Å². The van der Waals surface area contributed by atoms with Crippen molar-refractivity contribution in [3.05, 3.63) is 48.7 Å². The van der Waals surface area contributed by atoms with Crippen molar-refractivity contribution in [2.24, 2.45) is 0 Å². The van der Waals surface area contributed by atoms with Crippen LogP contribution in [-0.2, 0) is 9.53 Å². The summed E-state index contributed by atoms with van der Waals surface area (Å²) < 4.78 is 4.93. The second-order valence-electron chi connectivity index (χ2n) is 4.90. The van der Waals surface area contributed by atoms with E-state index in [-0.39, 0.29) is 18.5 Å². The molecule has 21 heavy (non-hydrogen) atoms. The molecule has 116 valence electrons. The Labute approximate surface area is 126 Å². The minimum Gasteiger partial charge on any atom is -0.500 e. The molecule has 0 aliphatic carbocycles. The molecule has 0 heterocycles. The largest absolute Gasteiger partial charge is 0.500 e. The van der Waals surface area contributed by atoms with Crippen LogP contribution in [0.1, 0.15) is 18.6 Å². The third-order valence-electron chi connectivity index (χ3n) is 3.35. The Bertz CT molecular complexity index is 436. The van der Waals surface area contributed by atoms with Gasteiger partial charge < -0.3 is 15.2 Å². The van der Waals surface area contributed by atoms with E-state index in [1.54, 1.807) is 0 Å². The number of nitrogens with zero attached hydrogens (tertiary/aromatic N) is 1. The van der Waals surface area contributed by atoms with Gasteiger partial charge in [-0.2, -0.15) is 0 Å². The van der Waals surface area contributed by atoms with Gasteiger partial charge in [-0.25, -0.2) is 0 Å². The van der Waals surface area contributed by atoms with Gasteiger partial charge in [0.25, 0.3) is 0 Å². The highest BCUT2D eigenvalue weighted by molar-refractivity contribution is 5.78. The van der Waals surface area contributed by atoms with Gasteiger partial charge >= 0.3 is 0 Å². The highest BCUT2D eigenvalue weighted by atomic mass is 16.5. The smallest absolute Gasteiger partial charge is 0.234 e. The molecule has 0 unspecified atom stereocenters. The van der Waals surface area contributed by atoms with Crippen molar-refractivity contribution in [1.82, 2.24) is 10.2 Å². The molecule has 5 nitrogen and oxygen atoms in total. The van der Waals surface area contributed by atoms with Gasteiger partial charge in [0.1, 0.15) is 6.61 Å². The maximum Gasteiger partial charge on any atom is 0.234 e. The first kappa shape index (κ1) is 17.2. The molecule has 0 aliphatic rings. The van der Waals surface area contributed by atoms with E-state index in [0.717, 1.165) is 5.56 Å². The molecule has 1 aromatic rings. The van der Waals surface area contributed by atoms with Crippen LogP contribution >= 0.6 is 0 Å². The summed E-state index contributed by atoms with van der Waals surface area (Å²) in [6.07, 6.45) is 0.712. The Morgan fingerprint density at radius 3 is 2.76 bits per heavy atom. The van der Waals surface area contributed by atoms with Crippen LogP contribution < -0.4 is 5.32 Å². The number of hydrogen-bond donors (Lipinski definition) is 2. The maximum absolute atomic E-state index is 11.8. The molecule has 1 aromatic carbocycles. The van der Waals surface area contributed by atoms with Crippen LogP contribution in [0.5, 0.6) is 0 Å². The summed E-state index contributed by atoms with van der Waals surface area (Å²) in [5.74, 6) is -0.0997. The van der Waals surface area contributed by atoms with E-state index in [2.05, 4.69) is 11.9 Å². The van der Waals surface area contributed by atoms with Crippen LogP contribution in [0.4, 0.5) is 0 Å². The van der Waals surface area contributed by atoms with Crippen LogP contribution in [0, 0.1) is 0 Å². The van der Waals surface area contributed by atoms with E-state index in [0.29, 0.717) is 13.2 Å². The number of amides is 1. The second kappa shape index (κ2) is 9.15. The van der Waals surface area contributed by atoms with Crippen molar-refractivity contribution >= 4 is 5.91 Å². The lowest BCUT2D eigenvalue weighted by Gasteiger charge is -2.28. The molecule has 1 amide bonds. The molecule has 0 aromatic heterocycles. The molecule has 0 aliphatic heterocycles. The quantitative estimate of drug-likeness (QED) is 0.532. The van der Waals surface area contributed by atoms with Gasteiger partial charge in [-0.05, 0) is 19.5 Å². The average molecular weight is 292 g/mol. The van der Waals surface area contributed by atoms with Gasteiger partial charge in [0.2, 0.25) is 5.91 Å². The van der Waals surface area contributed by atoms with Crippen molar-refractivity contribution in [2.75, 3.05) is 26.7 Å². The molecule has 5 heteroatoms. The molecule has 1 rings (SSSR count). The van der Waals surface area contributed by atoms with E-state index in [1.807, 2.05) is 49.2 Å². The van der Waals surface area contributed by atoms with Gasteiger partial charge in [-0.1, -0.05) is 36.9 Å². The fraction of sp³-hybridized carbons (Fsp3) is 0.438. The summed E-state index contributed by atoms with van der Waals surface area (Å²) in [6.45, 7) is 6.38. The normalized spacial score (nSPS) is 13.5. The highest BCUT2D eigenvalue weighted by Crippen LogP contribution is 2.19. The van der Waals surface area contributed by atoms with E-state index in [4.69, 9.17) is 4.74 Å². The predicted molar refractivity (Wildman–Crippen MR) is 82.7 cm³/mol. The number of likely N-dealkylation sites (N-methyl/N-ethyl adjacent to an activating group) is 1. The first-order valence-electron chi connectivity index (χ1n) is 6.98. The van der Waals surface area contributed by atoms with Crippen molar-refractivity contribution in [1.29, 1.82) is 0 Å². The minimum absolute atomic E-state index is 0.0997. The van der Waals surface area contributed by atoms with Gasteiger partial charge in [-0.15, -0.1) is 0 Å². The predicted octanol–water partition coefficient (Wildman–Crippen LogP) is 1.32. The van der Waals surface area contributed by atoms with E-state index >= 15 is 0 Å². The molecular formula is C16H24N2O3. The number of rotatable bonds is 9. The molecular weight excluding hydrogens is 268 g/mol. The van der Waals surface area contributed by atoms with Crippen LogP contribution in [0.15, 0.2) is 43.2 Å². The zero-order chi connectivity index (χ0) is 15.7. The number of hydrogen-bond acceptors (Lipinski definition) is 4. The number of aliphatic hydroxyl groups excluding tert-OH is 1. The summed E-state index contributed by atoms with van der Waals surface area (Å²) in [5.41, 5.74) is 0.844. The topological polar surface area (TPSA) is 61.8 Å². The number of ether oxygens (including phenoxy) is 1. The van der Waals surface area contributed by atoms with Crippen LogP contribution in [0.25, 0.3) is 0 Å². The first-order valence-corrected chi connectivity index (χ1v) is 6.98. The lowest BCUT2D eigenvalue weighted by atomic mass is 10.0. The lowest BCUT2D eigenvalue weighted by molar-refractivity contribution is -0.123. The lowest BCUT2D eigenvalue weighted by Crippen LogP contribution is -2.42. The molecule has 0 saturated carbocycles. The third kappa shape index (κ3) is 5.97. The molecule has 0 saturated heterocycles. The summed E-state index contributed by atoms with van der Waals surface area (Å²) in [4.78, 5) is 13.6. The first-order chi connectivity index (χ1) is 10.1. The Balaban J connectivity index is 2.41. The summed E-state index contributed by atoms with van der Waals surface area (Å²) in [6, 6.07) is 9.27. The van der Waals surface area contributed by atoms with Gasteiger partial charge in [0, 0.05) is 6.04 Å².